The van der Waals surface area contributed by atoms with Gasteiger partial charge < -0.3 is 45.6 Å². The Bertz CT molecular complexity index is 3370. The van der Waals surface area contributed by atoms with E-state index >= 15 is 0 Å². The van der Waals surface area contributed by atoms with Crippen molar-refractivity contribution in [2.45, 2.75) is 125 Å². The smallest absolute Gasteiger partial charge is 0.387 e. The largest absolute Gasteiger partial charge is 0.489 e. The predicted molar refractivity (Wildman–Crippen MR) is 289 cm³/mol. The van der Waals surface area contributed by atoms with Gasteiger partial charge in [-0.25, -0.2) is 29.0 Å². The molecule has 29 nitrogen and oxygen atoms in total. The maximum atomic E-state index is 12.9. The Balaban J connectivity index is 0.827. The highest BCUT2D eigenvalue weighted by molar-refractivity contribution is 7.94. The quantitative estimate of drug-likeness (QED) is 0.00668. The summed E-state index contributed by atoms with van der Waals surface area (Å²) in [5.74, 6) is -0.461. The number of aromatic amines is 1. The average molecular weight is 1220 g/mol. The summed E-state index contributed by atoms with van der Waals surface area (Å²) in [4.78, 5) is 68.0. The first-order valence-electron chi connectivity index (χ1n) is 25.0. The maximum absolute atomic E-state index is 12.9. The van der Waals surface area contributed by atoms with Crippen LogP contribution in [0.1, 0.15) is 96.9 Å². The second-order valence-electron chi connectivity index (χ2n) is 19.9. The SMILES string of the molecule is CC[N+]1=C(/C=C/C=C2/N(CCCCC(=O)NCCCCCCNP(=O)(O)OP(=O)(O)OP(=O)(O)OCC3OC(n4cnc5c(=O)[nH]c(N)nc54)C(O)C3O)c3ccc(S(=O)(=O)O)cc3C2(C)C)C(C)(C)c2cc(SOOO)ccc21. The Morgan fingerprint density at radius 2 is 1.69 bits per heavy atom. The van der Waals surface area contributed by atoms with Crippen LogP contribution in [0.4, 0.5) is 17.3 Å². The fraction of sp³-hybridized carbons (Fsp3) is 0.500. The molecule has 12 N–H and O–H groups in total. The number of phosphoric ester groups is 1. The van der Waals surface area contributed by atoms with E-state index in [0.717, 1.165) is 56.2 Å². The van der Waals surface area contributed by atoms with E-state index in [1.54, 1.807) is 6.07 Å². The first-order valence-corrected chi connectivity index (χ1v) is 31.8. The van der Waals surface area contributed by atoms with Crippen molar-refractivity contribution in [2.24, 2.45) is 0 Å². The molecule has 0 aliphatic carbocycles. The van der Waals surface area contributed by atoms with Crippen LogP contribution in [0.15, 0.2) is 81.2 Å². The van der Waals surface area contributed by atoms with Crippen molar-refractivity contribution in [1.29, 1.82) is 0 Å². The number of carbonyl (C=O) groups is 1. The number of fused-ring (bicyclic) bond motifs is 3. The number of hydrogen-bond acceptors (Lipinski definition) is 21. The van der Waals surface area contributed by atoms with Gasteiger partial charge in [0.25, 0.3) is 15.7 Å². The minimum Gasteiger partial charge on any atom is -0.387 e. The van der Waals surface area contributed by atoms with Crippen LogP contribution in [-0.4, -0.2) is 130 Å². The number of hydrogen-bond donors (Lipinski definition) is 11. The molecule has 440 valence electrons. The molecular formula is C46H65N9O20P3S2+. The van der Waals surface area contributed by atoms with E-state index in [1.165, 1.54) is 12.1 Å². The lowest BCUT2D eigenvalue weighted by Crippen LogP contribution is -2.33. The molecular weight excluding hydrogens is 1160 g/mol. The lowest BCUT2D eigenvalue weighted by Gasteiger charge is -2.27. The monoisotopic (exact) mass is 1220 g/mol. The van der Waals surface area contributed by atoms with Crippen molar-refractivity contribution in [2.75, 3.05) is 43.4 Å². The summed E-state index contributed by atoms with van der Waals surface area (Å²) in [5.41, 5.74) is 8.95. The summed E-state index contributed by atoms with van der Waals surface area (Å²) < 4.78 is 98.5. The molecule has 2 aromatic heterocycles. The van der Waals surface area contributed by atoms with Crippen LogP contribution >= 0.6 is 35.4 Å². The van der Waals surface area contributed by atoms with Gasteiger partial charge in [-0.2, -0.15) is 26.6 Å². The van der Waals surface area contributed by atoms with Gasteiger partial charge in [0, 0.05) is 65.5 Å². The minimum absolute atomic E-state index is 0.126. The number of benzene rings is 2. The fourth-order valence-electron chi connectivity index (χ4n) is 9.81. The van der Waals surface area contributed by atoms with E-state index in [2.05, 4.69) is 84.2 Å². The lowest BCUT2D eigenvalue weighted by atomic mass is 9.81. The summed E-state index contributed by atoms with van der Waals surface area (Å²) in [5, 5.41) is 38.5. The first kappa shape index (κ1) is 63.0. The molecule has 0 bridgehead atoms. The highest BCUT2D eigenvalue weighted by Gasteiger charge is 2.48. The van der Waals surface area contributed by atoms with Gasteiger partial charge in [0.2, 0.25) is 17.5 Å². The second kappa shape index (κ2) is 25.5. The number of aliphatic hydroxyl groups is 2. The summed E-state index contributed by atoms with van der Waals surface area (Å²) in [6, 6.07) is 10.4. The molecule has 7 unspecified atom stereocenters. The van der Waals surface area contributed by atoms with Crippen molar-refractivity contribution >= 4 is 85.7 Å². The number of ether oxygens (including phenoxy) is 1. The zero-order valence-corrected chi connectivity index (χ0v) is 48.3. The number of rotatable bonds is 28. The summed E-state index contributed by atoms with van der Waals surface area (Å²) in [6.45, 7) is 10.6. The summed E-state index contributed by atoms with van der Waals surface area (Å²) >= 11 is 0.883. The number of unbranched alkanes of at least 4 members (excludes halogenated alkanes) is 4. The zero-order valence-electron chi connectivity index (χ0n) is 44.0. The molecule has 1 saturated heterocycles. The Morgan fingerprint density at radius 3 is 2.39 bits per heavy atom. The molecule has 4 aromatic rings. The Kier molecular flexibility index (Phi) is 20.1. The number of nitrogens with one attached hydrogen (secondary N) is 3. The van der Waals surface area contributed by atoms with Crippen molar-refractivity contribution < 1.29 is 93.4 Å². The molecule has 3 aliphatic heterocycles. The lowest BCUT2D eigenvalue weighted by molar-refractivity contribution is -0.433. The van der Waals surface area contributed by atoms with Crippen LogP contribution in [0.2, 0.25) is 0 Å². The van der Waals surface area contributed by atoms with E-state index in [0.29, 0.717) is 57.3 Å². The molecule has 0 spiro atoms. The average Bonchev–Trinajstić information content (AvgIpc) is 4.19. The van der Waals surface area contributed by atoms with Crippen molar-refractivity contribution in [3.05, 3.63) is 88.1 Å². The van der Waals surface area contributed by atoms with Crippen LogP contribution in [0.25, 0.3) is 11.2 Å². The van der Waals surface area contributed by atoms with E-state index in [-0.39, 0.29) is 47.3 Å². The van der Waals surface area contributed by atoms with Crippen molar-refractivity contribution in [3.8, 4) is 0 Å². The third-order valence-corrected chi connectivity index (χ3v) is 19.6. The van der Waals surface area contributed by atoms with Gasteiger partial charge in [-0.15, -0.1) is 4.33 Å². The number of nitrogens with zero attached hydrogens (tertiary/aromatic N) is 5. The fourth-order valence-corrected chi connectivity index (χ4v) is 14.5. The number of phosphoric acid groups is 2. The van der Waals surface area contributed by atoms with Gasteiger partial charge in [-0.05, 0) is 88.4 Å². The number of nitrogens with two attached hydrogens (primary N) is 1. The maximum Gasteiger partial charge on any atom is 0.489 e. The van der Waals surface area contributed by atoms with Crippen LogP contribution in [0.5, 0.6) is 0 Å². The number of amides is 1. The Morgan fingerprint density at radius 1 is 0.963 bits per heavy atom. The molecule has 1 amide bonds. The number of aliphatic hydroxyl groups excluding tert-OH is 2. The van der Waals surface area contributed by atoms with E-state index in [1.807, 2.05) is 44.2 Å². The molecule has 3 aliphatic rings. The van der Waals surface area contributed by atoms with Crippen LogP contribution < -0.4 is 26.6 Å². The molecule has 1 fully saturated rings. The number of anilines is 2. The van der Waals surface area contributed by atoms with E-state index in [9.17, 15) is 61.1 Å². The van der Waals surface area contributed by atoms with Gasteiger partial charge in [0.05, 0.1) is 35.3 Å². The van der Waals surface area contributed by atoms with Crippen LogP contribution in [0, 0.1) is 0 Å². The Hall–Kier alpha value is -4.56. The van der Waals surface area contributed by atoms with Gasteiger partial charge in [0.1, 0.15) is 24.9 Å². The van der Waals surface area contributed by atoms with Gasteiger partial charge in [-0.1, -0.05) is 37.8 Å². The van der Waals surface area contributed by atoms with Gasteiger partial charge in [0.15, 0.2) is 23.1 Å². The van der Waals surface area contributed by atoms with Crippen molar-refractivity contribution in [1.82, 2.24) is 29.9 Å². The van der Waals surface area contributed by atoms with E-state index in [4.69, 9.17) is 15.7 Å². The Labute approximate surface area is 463 Å². The first-order chi connectivity index (χ1) is 37.5. The molecule has 7 rings (SSSR count). The molecule has 0 radical (unpaired) electrons. The number of H-pyrrole nitrogens is 1. The molecule has 2 aromatic carbocycles. The normalized spacial score (nSPS) is 22.4. The number of aromatic nitrogens is 4. The molecule has 34 heteroatoms. The molecule has 80 heavy (non-hydrogen) atoms. The third kappa shape index (κ3) is 14.8. The predicted octanol–water partition coefficient (Wildman–Crippen LogP) is 5.12. The summed E-state index contributed by atoms with van der Waals surface area (Å²) in [6.07, 6.45) is 3.80. The van der Waals surface area contributed by atoms with Gasteiger partial charge >= 0.3 is 23.4 Å². The molecule has 0 saturated carbocycles. The standard InChI is InChI=1S/C46H64N9O20P3S2/c1-6-53-32-19-17-28(79-73-72-60)24-30(32)45(2,3)35(53)14-13-15-36-46(4,5)31-25-29(80(67,68)69)18-20-33(31)54(36)23-12-9-16-37(56)48-21-10-7-8-11-22-50-76(61,62)74-78(65,66)75-77(63,64)70-26-34-39(57)40(58)43(71-34)55-27-49-38-41(55)51-44(47)52-42(38)59/h13-15,17-20,24-25,27,34,39-40,43,57-58H,6-12,16,21-23,26H2,1-5H3,(H9-,47,48,50,51,52,56,59,60,61,62,63,64,65,66,67,68,69)/p+1. The van der Waals surface area contributed by atoms with Crippen LogP contribution in [-0.2, 0) is 66.7 Å². The number of nitrogen functional groups attached to an aromatic ring is 1. The second-order valence-corrected chi connectivity index (χ2v) is 26.9. The third-order valence-electron chi connectivity index (χ3n) is 13.7. The topological polar surface area (TPSA) is 419 Å². The van der Waals surface area contributed by atoms with Gasteiger partial charge in [-0.3, -0.25) is 28.2 Å². The van der Waals surface area contributed by atoms with Crippen LogP contribution in [0.3, 0.4) is 0 Å². The molecule has 7 atom stereocenters. The van der Waals surface area contributed by atoms with E-state index < -0.39 is 81.0 Å². The highest BCUT2D eigenvalue weighted by Crippen LogP contribution is 2.66. The molecule has 5 heterocycles. The number of allylic oxidation sites excluding steroid dienone is 4. The highest BCUT2D eigenvalue weighted by atomic mass is 32.2. The van der Waals surface area contributed by atoms with Crippen molar-refractivity contribution in [3.63, 3.8) is 0 Å². The zero-order chi connectivity index (χ0) is 58.6. The summed E-state index contributed by atoms with van der Waals surface area (Å²) in [7, 11) is -21.0. The minimum atomic E-state index is -5.78. The number of imidazole rings is 1. The number of carbonyl (C=O) groups excluding carboxylic acids is 1.